The number of anilines is 1. The highest BCUT2D eigenvalue weighted by Crippen LogP contribution is 2.29. The van der Waals surface area contributed by atoms with Gasteiger partial charge in [0.05, 0.1) is 11.6 Å². The third-order valence-electron chi connectivity index (χ3n) is 3.68. The summed E-state index contributed by atoms with van der Waals surface area (Å²) in [7, 11) is 0. The van der Waals surface area contributed by atoms with E-state index in [-0.39, 0.29) is 29.7 Å². The lowest BCUT2D eigenvalue weighted by molar-refractivity contribution is -0.145. The molecule has 25 heavy (non-hydrogen) atoms. The summed E-state index contributed by atoms with van der Waals surface area (Å²) in [5, 5.41) is 11.7. The molecule has 2 rings (SSSR count). The van der Waals surface area contributed by atoms with E-state index in [1.807, 2.05) is 0 Å². The zero-order chi connectivity index (χ0) is 17.7. The average molecular weight is 399 g/mol. The van der Waals surface area contributed by atoms with Crippen LogP contribution in [0.25, 0.3) is 0 Å². The van der Waals surface area contributed by atoms with Crippen molar-refractivity contribution >= 4 is 41.6 Å². The van der Waals surface area contributed by atoms with Gasteiger partial charge in [-0.25, -0.2) is 0 Å². The quantitative estimate of drug-likeness (QED) is 0.768. The number of benzene rings is 1. The monoisotopic (exact) mass is 398 g/mol. The number of likely N-dealkylation sites (tertiary alicyclic amines) is 1. The van der Waals surface area contributed by atoms with Crippen molar-refractivity contribution in [2.45, 2.75) is 31.9 Å². The van der Waals surface area contributed by atoms with E-state index in [4.69, 9.17) is 11.6 Å². The number of ether oxygens (including phenoxy) is 1. The molecular formula is C15H18Cl2F2N2O4. The van der Waals surface area contributed by atoms with Crippen LogP contribution in [0.2, 0.25) is 5.02 Å². The minimum absolute atomic E-state index is 0. The number of alkyl halides is 2. The third-order valence-corrected chi connectivity index (χ3v) is 3.97. The molecule has 2 N–H and O–H groups in total. The molecule has 1 aliphatic rings. The predicted molar refractivity (Wildman–Crippen MR) is 90.8 cm³/mol. The van der Waals surface area contributed by atoms with Crippen molar-refractivity contribution in [2.75, 3.05) is 18.4 Å². The minimum atomic E-state index is -2.99. The number of carbonyl (C=O) groups excluding carboxylic acids is 1. The summed E-state index contributed by atoms with van der Waals surface area (Å²) in [5.41, 5.74) is 0.315. The van der Waals surface area contributed by atoms with Gasteiger partial charge in [-0.1, -0.05) is 18.0 Å². The Balaban J connectivity index is 0.00000312. The second-order valence-electron chi connectivity index (χ2n) is 5.39. The highest BCUT2D eigenvalue weighted by atomic mass is 35.5. The van der Waals surface area contributed by atoms with Gasteiger partial charge in [0.2, 0.25) is 5.91 Å². The van der Waals surface area contributed by atoms with Crippen LogP contribution in [-0.4, -0.2) is 47.6 Å². The van der Waals surface area contributed by atoms with Crippen LogP contribution in [0.5, 0.6) is 5.75 Å². The second kappa shape index (κ2) is 9.74. The van der Waals surface area contributed by atoms with Crippen LogP contribution >= 0.6 is 24.0 Å². The first-order chi connectivity index (χ1) is 11.4. The molecule has 6 nitrogen and oxygen atoms in total. The van der Waals surface area contributed by atoms with Gasteiger partial charge >= 0.3 is 12.6 Å². The molecule has 0 radical (unpaired) electrons. The molecule has 140 valence electrons. The van der Waals surface area contributed by atoms with Crippen molar-refractivity contribution in [1.82, 2.24) is 4.90 Å². The molecule has 1 amide bonds. The Kier molecular flexibility index (Phi) is 8.34. The SMILES string of the molecule is Cl.O=C(CN1CCCCC1C(=O)O)Nc1ccc(OC(F)F)c(Cl)c1. The first-order valence-electron chi connectivity index (χ1n) is 7.38. The van der Waals surface area contributed by atoms with Crippen LogP contribution in [0.1, 0.15) is 19.3 Å². The maximum atomic E-state index is 12.2. The molecule has 1 aromatic carbocycles. The molecule has 0 aromatic heterocycles. The Morgan fingerprint density at radius 2 is 2.12 bits per heavy atom. The lowest BCUT2D eigenvalue weighted by Gasteiger charge is -2.32. The van der Waals surface area contributed by atoms with Gasteiger partial charge in [-0.2, -0.15) is 8.78 Å². The highest BCUT2D eigenvalue weighted by Gasteiger charge is 2.29. The molecule has 0 saturated carbocycles. The number of hydrogen-bond donors (Lipinski definition) is 2. The van der Waals surface area contributed by atoms with Gasteiger partial charge in [0, 0.05) is 5.69 Å². The van der Waals surface area contributed by atoms with Gasteiger partial charge in [-0.3, -0.25) is 14.5 Å². The van der Waals surface area contributed by atoms with Crippen LogP contribution in [0, 0.1) is 0 Å². The van der Waals surface area contributed by atoms with Crippen molar-refractivity contribution in [3.8, 4) is 5.75 Å². The van der Waals surface area contributed by atoms with E-state index >= 15 is 0 Å². The molecule has 1 aliphatic heterocycles. The van der Waals surface area contributed by atoms with E-state index in [2.05, 4.69) is 10.1 Å². The first-order valence-corrected chi connectivity index (χ1v) is 7.75. The smallest absolute Gasteiger partial charge is 0.387 e. The molecule has 1 unspecified atom stereocenters. The standard InChI is InChI=1S/C15H17ClF2N2O4.ClH/c16-10-7-9(4-5-12(10)24-15(17)18)19-13(21)8-20-6-2-1-3-11(20)14(22)23;/h4-5,7,11,15H,1-3,6,8H2,(H,19,21)(H,22,23);1H. The van der Waals surface area contributed by atoms with Crippen molar-refractivity contribution < 1.29 is 28.2 Å². The summed E-state index contributed by atoms with van der Waals surface area (Å²) in [6.45, 7) is -2.52. The number of nitrogens with zero attached hydrogens (tertiary/aromatic N) is 1. The Hall–Kier alpha value is -1.64. The van der Waals surface area contributed by atoms with E-state index in [0.29, 0.717) is 18.7 Å². The lowest BCUT2D eigenvalue weighted by Crippen LogP contribution is -2.47. The van der Waals surface area contributed by atoms with Gasteiger partial charge in [-0.15, -0.1) is 12.4 Å². The van der Waals surface area contributed by atoms with Gasteiger partial charge < -0.3 is 15.2 Å². The summed E-state index contributed by atoms with van der Waals surface area (Å²) >= 11 is 5.82. The average Bonchev–Trinajstić information content (AvgIpc) is 2.50. The predicted octanol–water partition coefficient (Wildman–Crippen LogP) is 3.24. The number of carboxylic acids is 1. The van der Waals surface area contributed by atoms with Gasteiger partial charge in [0.1, 0.15) is 11.8 Å². The number of amides is 1. The summed E-state index contributed by atoms with van der Waals surface area (Å²) in [6, 6.07) is 3.23. The first kappa shape index (κ1) is 21.4. The maximum Gasteiger partial charge on any atom is 0.387 e. The van der Waals surface area contributed by atoms with E-state index in [1.165, 1.54) is 18.2 Å². The fourth-order valence-corrected chi connectivity index (χ4v) is 2.84. The van der Waals surface area contributed by atoms with Gasteiger partial charge in [0.15, 0.2) is 0 Å². The lowest BCUT2D eigenvalue weighted by atomic mass is 10.0. The topological polar surface area (TPSA) is 78.9 Å². The molecular weight excluding hydrogens is 381 g/mol. The van der Waals surface area contributed by atoms with Crippen LogP contribution in [0.4, 0.5) is 14.5 Å². The van der Waals surface area contributed by atoms with Crippen molar-refractivity contribution in [2.24, 2.45) is 0 Å². The Bertz CT molecular complexity index is 619. The minimum Gasteiger partial charge on any atom is -0.480 e. The zero-order valence-corrected chi connectivity index (χ0v) is 14.7. The number of hydrogen-bond acceptors (Lipinski definition) is 4. The van der Waals surface area contributed by atoms with Crippen molar-refractivity contribution in [3.63, 3.8) is 0 Å². The summed E-state index contributed by atoms with van der Waals surface area (Å²) < 4.78 is 28.6. The van der Waals surface area contributed by atoms with Crippen LogP contribution in [-0.2, 0) is 9.59 Å². The molecule has 1 fully saturated rings. The van der Waals surface area contributed by atoms with Crippen LogP contribution in [0.3, 0.4) is 0 Å². The summed E-state index contributed by atoms with van der Waals surface area (Å²) in [5.74, 6) is -1.53. The number of carbonyl (C=O) groups is 2. The highest BCUT2D eigenvalue weighted by molar-refractivity contribution is 6.32. The summed E-state index contributed by atoms with van der Waals surface area (Å²) in [4.78, 5) is 24.9. The molecule has 1 aromatic rings. The largest absolute Gasteiger partial charge is 0.480 e. The normalized spacial score (nSPS) is 17.7. The van der Waals surface area contributed by atoms with Crippen LogP contribution in [0.15, 0.2) is 18.2 Å². The second-order valence-corrected chi connectivity index (χ2v) is 5.80. The van der Waals surface area contributed by atoms with E-state index in [1.54, 1.807) is 4.90 Å². The number of carboxylic acid groups (broad SMARTS) is 1. The Morgan fingerprint density at radius 3 is 2.72 bits per heavy atom. The molecule has 0 bridgehead atoms. The number of nitrogens with one attached hydrogen (secondary N) is 1. The fraction of sp³-hybridized carbons (Fsp3) is 0.467. The Labute approximate surface area is 154 Å². The Morgan fingerprint density at radius 1 is 1.40 bits per heavy atom. The van der Waals surface area contributed by atoms with Crippen molar-refractivity contribution in [1.29, 1.82) is 0 Å². The van der Waals surface area contributed by atoms with Gasteiger partial charge in [-0.05, 0) is 37.6 Å². The molecule has 0 spiro atoms. The van der Waals surface area contributed by atoms with E-state index in [0.717, 1.165) is 12.8 Å². The van der Waals surface area contributed by atoms with E-state index in [9.17, 15) is 23.5 Å². The fourth-order valence-electron chi connectivity index (χ4n) is 2.62. The van der Waals surface area contributed by atoms with E-state index < -0.39 is 24.5 Å². The number of piperidine rings is 1. The number of rotatable bonds is 6. The molecule has 1 saturated heterocycles. The van der Waals surface area contributed by atoms with Crippen LogP contribution < -0.4 is 10.1 Å². The summed E-state index contributed by atoms with van der Waals surface area (Å²) in [6.07, 6.45) is 2.16. The number of halogens is 4. The van der Waals surface area contributed by atoms with Gasteiger partial charge in [0.25, 0.3) is 0 Å². The molecule has 1 heterocycles. The maximum absolute atomic E-state index is 12.2. The van der Waals surface area contributed by atoms with Crippen molar-refractivity contribution in [3.05, 3.63) is 23.2 Å². The molecule has 0 aliphatic carbocycles. The molecule has 1 atom stereocenters. The molecule has 10 heteroatoms. The number of aliphatic carboxylic acids is 1. The zero-order valence-electron chi connectivity index (χ0n) is 13.1. The third kappa shape index (κ3) is 6.30.